The first-order valence-electron chi connectivity index (χ1n) is 5.16. The summed E-state index contributed by atoms with van der Waals surface area (Å²) in [5.41, 5.74) is 8.67. The molecule has 0 bridgehead atoms. The highest BCUT2D eigenvalue weighted by Gasteiger charge is 1.91. The maximum absolute atomic E-state index is 8.77. The molecular weight excluding hydrogens is 208 g/mol. The Morgan fingerprint density at radius 3 is 2.06 bits per heavy atom. The Kier molecular flexibility index (Phi) is 3.10. The van der Waals surface area contributed by atoms with Crippen LogP contribution in [0.5, 0.6) is 0 Å². The minimum Gasteiger partial charge on any atom is -0.399 e. The predicted molar refractivity (Wildman–Crippen MR) is 68.0 cm³/mol. The predicted octanol–water partition coefficient (Wildman–Crippen LogP) is 2.54. The Morgan fingerprint density at radius 1 is 0.824 bits per heavy atom. The number of nitriles is 1. The molecule has 2 N–H and O–H groups in total. The lowest BCUT2D eigenvalue weighted by Crippen LogP contribution is -1.84. The average molecular weight is 218 g/mol. The Bertz CT molecular complexity index is 640. The molecule has 2 nitrogen and oxygen atoms in total. The van der Waals surface area contributed by atoms with E-state index in [1.54, 1.807) is 12.1 Å². The lowest BCUT2D eigenvalue weighted by Gasteiger charge is -1.93. The molecule has 0 heterocycles. The van der Waals surface area contributed by atoms with Crippen molar-refractivity contribution in [2.45, 2.75) is 0 Å². The summed E-state index contributed by atoms with van der Waals surface area (Å²) in [6.07, 6.45) is 0. The van der Waals surface area contributed by atoms with E-state index in [-0.39, 0.29) is 0 Å². The Morgan fingerprint density at radius 2 is 1.41 bits per heavy atom. The summed E-state index contributed by atoms with van der Waals surface area (Å²) >= 11 is 0. The van der Waals surface area contributed by atoms with Crippen LogP contribution in [0.4, 0.5) is 5.69 Å². The summed E-state index contributed by atoms with van der Waals surface area (Å²) in [7, 11) is 0. The first kappa shape index (κ1) is 10.8. The van der Waals surface area contributed by atoms with Crippen LogP contribution < -0.4 is 5.73 Å². The molecule has 0 atom stereocenters. The van der Waals surface area contributed by atoms with Gasteiger partial charge in [0.1, 0.15) is 0 Å². The van der Waals surface area contributed by atoms with E-state index in [2.05, 4.69) is 17.9 Å². The van der Waals surface area contributed by atoms with Gasteiger partial charge < -0.3 is 5.73 Å². The largest absolute Gasteiger partial charge is 0.399 e. The smallest absolute Gasteiger partial charge is 0.0992 e. The van der Waals surface area contributed by atoms with Crippen molar-refractivity contribution in [3.63, 3.8) is 0 Å². The van der Waals surface area contributed by atoms with Crippen LogP contribution in [-0.4, -0.2) is 0 Å². The quantitative estimate of drug-likeness (QED) is 0.545. The Balaban J connectivity index is 2.30. The van der Waals surface area contributed by atoms with E-state index in [0.717, 1.165) is 11.1 Å². The van der Waals surface area contributed by atoms with Crippen molar-refractivity contribution in [1.82, 2.24) is 0 Å². The van der Waals surface area contributed by atoms with Gasteiger partial charge in [-0.15, -0.1) is 0 Å². The molecule has 2 aromatic rings. The number of benzene rings is 2. The monoisotopic (exact) mass is 218 g/mol. The fraction of sp³-hybridized carbons (Fsp3) is 0. The van der Waals surface area contributed by atoms with Gasteiger partial charge in [0.2, 0.25) is 0 Å². The number of rotatable bonds is 0. The zero-order valence-corrected chi connectivity index (χ0v) is 9.14. The second kappa shape index (κ2) is 4.88. The maximum Gasteiger partial charge on any atom is 0.0992 e. The number of nitrogen functional groups attached to an aromatic ring is 1. The molecule has 2 heteroatoms. The van der Waals surface area contributed by atoms with Gasteiger partial charge in [0.15, 0.2) is 0 Å². The van der Waals surface area contributed by atoms with Crippen LogP contribution in [0, 0.1) is 23.2 Å². The van der Waals surface area contributed by atoms with Gasteiger partial charge >= 0.3 is 0 Å². The second-order valence-corrected chi connectivity index (χ2v) is 3.57. The van der Waals surface area contributed by atoms with Crippen LogP contribution >= 0.6 is 0 Å². The highest BCUT2D eigenvalue weighted by Crippen LogP contribution is 2.06. The van der Waals surface area contributed by atoms with E-state index in [9.17, 15) is 0 Å². The number of nitrogens with zero attached hydrogens (tertiary/aromatic N) is 1. The van der Waals surface area contributed by atoms with Gasteiger partial charge in [0, 0.05) is 16.8 Å². The van der Waals surface area contributed by atoms with Crippen LogP contribution in [-0.2, 0) is 0 Å². The van der Waals surface area contributed by atoms with Crippen LogP contribution in [0.25, 0.3) is 0 Å². The van der Waals surface area contributed by atoms with Crippen molar-refractivity contribution in [1.29, 1.82) is 5.26 Å². The van der Waals surface area contributed by atoms with Crippen molar-refractivity contribution < 1.29 is 0 Å². The average Bonchev–Trinajstić information content (AvgIpc) is 2.37. The van der Waals surface area contributed by atoms with E-state index in [1.165, 1.54) is 0 Å². The molecule has 0 radical (unpaired) electrons. The maximum atomic E-state index is 8.77. The normalized spacial score (nSPS) is 8.88. The number of nitrogens with two attached hydrogens (primary N) is 1. The summed E-state index contributed by atoms with van der Waals surface area (Å²) < 4.78 is 0. The third-order valence-electron chi connectivity index (χ3n) is 2.23. The van der Waals surface area contributed by atoms with Gasteiger partial charge in [-0.25, -0.2) is 0 Å². The van der Waals surface area contributed by atoms with Crippen molar-refractivity contribution in [2.24, 2.45) is 0 Å². The first-order chi connectivity index (χ1) is 8.28. The summed E-state index contributed by atoms with van der Waals surface area (Å²) in [5.74, 6) is 6.02. The van der Waals surface area contributed by atoms with E-state index < -0.39 is 0 Å². The van der Waals surface area contributed by atoms with Gasteiger partial charge in [-0.1, -0.05) is 24.0 Å². The molecule has 0 aliphatic rings. The van der Waals surface area contributed by atoms with Crippen LogP contribution in [0.15, 0.2) is 48.5 Å². The second-order valence-electron chi connectivity index (χ2n) is 3.57. The van der Waals surface area contributed by atoms with Gasteiger partial charge in [0.05, 0.1) is 11.6 Å². The molecule has 0 unspecified atom stereocenters. The lowest BCUT2D eigenvalue weighted by molar-refractivity contribution is 1.48. The van der Waals surface area contributed by atoms with Crippen LogP contribution in [0.3, 0.4) is 0 Å². The molecular formula is C15H10N2. The van der Waals surface area contributed by atoms with Crippen molar-refractivity contribution in [3.05, 3.63) is 65.2 Å². The Labute approximate surface area is 100 Å². The summed E-state index contributed by atoms with van der Waals surface area (Å²) in [4.78, 5) is 0. The zero-order chi connectivity index (χ0) is 12.1. The minimum atomic E-state index is 0.615. The van der Waals surface area contributed by atoms with E-state index in [4.69, 9.17) is 11.0 Å². The molecule has 17 heavy (non-hydrogen) atoms. The molecule has 80 valence electrons. The van der Waals surface area contributed by atoms with Gasteiger partial charge in [-0.05, 0) is 36.4 Å². The fourth-order valence-electron chi connectivity index (χ4n) is 1.43. The highest BCUT2D eigenvalue weighted by molar-refractivity contribution is 5.50. The third-order valence-corrected chi connectivity index (χ3v) is 2.23. The molecule has 0 aliphatic heterocycles. The number of hydrogen-bond acceptors (Lipinski definition) is 2. The van der Waals surface area contributed by atoms with Crippen LogP contribution in [0.1, 0.15) is 16.7 Å². The van der Waals surface area contributed by atoms with Gasteiger partial charge in [-0.3, -0.25) is 0 Å². The van der Waals surface area contributed by atoms with E-state index in [0.29, 0.717) is 11.3 Å². The summed E-state index contributed by atoms with van der Waals surface area (Å²) in [6.45, 7) is 0. The molecule has 2 aromatic carbocycles. The van der Waals surface area contributed by atoms with Crippen molar-refractivity contribution in [3.8, 4) is 17.9 Å². The molecule has 0 amide bonds. The molecule has 0 aromatic heterocycles. The van der Waals surface area contributed by atoms with Crippen molar-refractivity contribution in [2.75, 3.05) is 5.73 Å². The molecule has 0 saturated carbocycles. The topological polar surface area (TPSA) is 49.8 Å². The Hall–Kier alpha value is -2.71. The SMILES string of the molecule is N#Cc1cccc(C#Cc2cccc(N)c2)c1. The summed E-state index contributed by atoms with van der Waals surface area (Å²) in [5, 5.41) is 8.77. The van der Waals surface area contributed by atoms with Gasteiger partial charge in [0.25, 0.3) is 0 Å². The molecule has 0 saturated heterocycles. The number of anilines is 1. The zero-order valence-electron chi connectivity index (χ0n) is 9.14. The first-order valence-corrected chi connectivity index (χ1v) is 5.16. The minimum absolute atomic E-state index is 0.615. The number of hydrogen-bond donors (Lipinski definition) is 1. The van der Waals surface area contributed by atoms with Crippen molar-refractivity contribution >= 4 is 5.69 Å². The third kappa shape index (κ3) is 2.87. The van der Waals surface area contributed by atoms with E-state index >= 15 is 0 Å². The molecule has 0 spiro atoms. The summed E-state index contributed by atoms with van der Waals surface area (Å²) in [6, 6.07) is 16.7. The van der Waals surface area contributed by atoms with Crippen LogP contribution in [0.2, 0.25) is 0 Å². The van der Waals surface area contributed by atoms with Gasteiger partial charge in [-0.2, -0.15) is 5.26 Å². The highest BCUT2D eigenvalue weighted by atomic mass is 14.5. The molecule has 0 aliphatic carbocycles. The van der Waals surface area contributed by atoms with E-state index in [1.807, 2.05) is 36.4 Å². The fourth-order valence-corrected chi connectivity index (χ4v) is 1.43. The molecule has 2 rings (SSSR count). The standard InChI is InChI=1S/C15H10N2/c16-11-14-5-1-3-12(9-14)7-8-13-4-2-6-15(17)10-13/h1-6,9-10H,17H2. The lowest BCUT2D eigenvalue weighted by atomic mass is 10.1. The molecule has 0 fully saturated rings.